The number of benzene rings is 1. The predicted molar refractivity (Wildman–Crippen MR) is 49.5 cm³/mol. The first-order valence-corrected chi connectivity index (χ1v) is 3.78. The molecule has 0 saturated heterocycles. The van der Waals surface area contributed by atoms with Crippen LogP contribution in [0.1, 0.15) is 0 Å². The summed E-state index contributed by atoms with van der Waals surface area (Å²) in [4.78, 5) is 0. The first-order chi connectivity index (χ1) is 5.86. The molecule has 0 N–H and O–H groups in total. The van der Waals surface area contributed by atoms with E-state index in [4.69, 9.17) is 0 Å². The highest BCUT2D eigenvalue weighted by atomic mass is 15.2. The van der Waals surface area contributed by atoms with Crippen molar-refractivity contribution in [2.45, 2.75) is 0 Å². The highest BCUT2D eigenvalue weighted by Crippen LogP contribution is 2.02. The molecule has 1 heterocycles. The molecule has 4 heteroatoms. The molecular weight excluding hydrogens is 149 g/mol. The zero-order valence-electron chi connectivity index (χ0n) is 6.81. The Bertz CT molecular complexity index is 352. The van der Waals surface area contributed by atoms with Crippen molar-refractivity contribution in [1.29, 1.82) is 0 Å². The van der Waals surface area contributed by atoms with Gasteiger partial charge in [0.2, 0.25) is 0 Å². The summed E-state index contributed by atoms with van der Waals surface area (Å²) in [6.45, 7) is 0. The van der Waals surface area contributed by atoms with Crippen molar-refractivity contribution in [3.63, 3.8) is 0 Å². The fourth-order valence-corrected chi connectivity index (χ4v) is 1.05. The Labute approximate surface area is 71.5 Å². The van der Waals surface area contributed by atoms with E-state index in [-0.39, 0.29) is 0 Å². The van der Waals surface area contributed by atoms with E-state index >= 15 is 0 Å². The van der Waals surface area contributed by atoms with Gasteiger partial charge in [-0.25, -0.2) is 0 Å². The zero-order valence-corrected chi connectivity index (χ0v) is 6.81. The summed E-state index contributed by atoms with van der Waals surface area (Å²) < 4.78 is 1.87. The third kappa shape index (κ3) is 1.23. The molecule has 0 atom stereocenters. The van der Waals surface area contributed by atoms with Gasteiger partial charge in [0.05, 0.1) is 0 Å². The molecule has 1 aromatic carbocycles. The Morgan fingerprint density at radius 3 is 2.17 bits per heavy atom. The lowest BCUT2D eigenvalue weighted by molar-refractivity contribution is 1.06. The number of hydrogen-bond acceptors (Lipinski definition) is 2. The van der Waals surface area contributed by atoms with Gasteiger partial charge < -0.3 is 0 Å². The van der Waals surface area contributed by atoms with Crippen LogP contribution in [0.15, 0.2) is 36.9 Å². The summed E-state index contributed by atoms with van der Waals surface area (Å²) >= 11 is 0. The molecule has 2 aromatic rings. The van der Waals surface area contributed by atoms with Gasteiger partial charge in [-0.15, -0.1) is 10.2 Å². The molecule has 0 unspecified atom stereocenters. The largest absolute Gasteiger partial charge is 0.288 e. The zero-order chi connectivity index (χ0) is 8.39. The predicted octanol–water partition coefficient (Wildman–Crippen LogP) is -0.474. The van der Waals surface area contributed by atoms with E-state index in [1.165, 1.54) is 5.46 Å². The molecule has 0 saturated carbocycles. The van der Waals surface area contributed by atoms with Crippen molar-refractivity contribution in [2.75, 3.05) is 0 Å². The number of nitrogens with zero attached hydrogens (tertiary/aromatic N) is 3. The van der Waals surface area contributed by atoms with Crippen molar-refractivity contribution in [2.24, 2.45) is 0 Å². The van der Waals surface area contributed by atoms with Crippen LogP contribution in [0, 0.1) is 0 Å². The van der Waals surface area contributed by atoms with Gasteiger partial charge >= 0.3 is 0 Å². The second-order valence-electron chi connectivity index (χ2n) is 2.70. The summed E-state index contributed by atoms with van der Waals surface area (Å²) in [7, 11) is 2.07. The van der Waals surface area contributed by atoms with E-state index in [2.05, 4.69) is 30.2 Å². The molecule has 0 spiro atoms. The SMILES string of the molecule is Bc1ccc(-n2cnnc2)cc1. The Kier molecular flexibility index (Phi) is 1.66. The van der Waals surface area contributed by atoms with Gasteiger partial charge in [-0.2, -0.15) is 0 Å². The minimum absolute atomic E-state index is 1.09. The third-order valence-corrected chi connectivity index (χ3v) is 1.75. The minimum atomic E-state index is 1.09. The van der Waals surface area contributed by atoms with Gasteiger partial charge in [-0.3, -0.25) is 4.57 Å². The molecule has 3 nitrogen and oxygen atoms in total. The Balaban J connectivity index is 2.43. The minimum Gasteiger partial charge on any atom is -0.288 e. The second kappa shape index (κ2) is 2.81. The van der Waals surface area contributed by atoms with Crippen LogP contribution in [0.3, 0.4) is 0 Å². The molecule has 58 valence electrons. The fraction of sp³-hybridized carbons (Fsp3) is 0. The molecule has 0 radical (unpaired) electrons. The fourth-order valence-electron chi connectivity index (χ4n) is 1.05. The van der Waals surface area contributed by atoms with E-state index in [0.29, 0.717) is 0 Å². The van der Waals surface area contributed by atoms with E-state index in [9.17, 15) is 0 Å². The summed E-state index contributed by atoms with van der Waals surface area (Å²) in [5, 5.41) is 7.47. The van der Waals surface area contributed by atoms with Crippen LogP contribution in [0.25, 0.3) is 5.69 Å². The van der Waals surface area contributed by atoms with Crippen LogP contribution in [0.5, 0.6) is 0 Å². The van der Waals surface area contributed by atoms with Crippen molar-refractivity contribution in [3.05, 3.63) is 36.9 Å². The summed E-state index contributed by atoms with van der Waals surface area (Å²) in [5.74, 6) is 0. The molecule has 12 heavy (non-hydrogen) atoms. The normalized spacial score (nSPS) is 10.0. The standard InChI is InChI=1S/C8H8BN3/c9-7-1-3-8(4-2-7)12-5-10-11-6-12/h1-6H,9H2. The first-order valence-electron chi connectivity index (χ1n) is 3.78. The molecule has 2 rings (SSSR count). The second-order valence-corrected chi connectivity index (χ2v) is 2.70. The van der Waals surface area contributed by atoms with Gasteiger partial charge in [-0.05, 0) is 12.1 Å². The quantitative estimate of drug-likeness (QED) is 0.523. The van der Waals surface area contributed by atoms with E-state index in [0.717, 1.165) is 5.69 Å². The van der Waals surface area contributed by atoms with Crippen LogP contribution >= 0.6 is 0 Å². The molecule has 1 aromatic heterocycles. The van der Waals surface area contributed by atoms with Crippen molar-refractivity contribution >= 4 is 13.3 Å². The lowest BCUT2D eigenvalue weighted by Gasteiger charge is -1.99. The molecule has 0 aliphatic heterocycles. The molecule has 0 amide bonds. The van der Waals surface area contributed by atoms with Crippen LogP contribution in [0.4, 0.5) is 0 Å². The molecule has 0 aliphatic carbocycles. The van der Waals surface area contributed by atoms with Crippen molar-refractivity contribution in [1.82, 2.24) is 14.8 Å². The van der Waals surface area contributed by atoms with Gasteiger partial charge in [0.25, 0.3) is 0 Å². The third-order valence-electron chi connectivity index (χ3n) is 1.75. The Morgan fingerprint density at radius 2 is 1.58 bits per heavy atom. The Hall–Kier alpha value is -1.58. The summed E-state index contributed by atoms with van der Waals surface area (Å²) in [5.41, 5.74) is 2.34. The van der Waals surface area contributed by atoms with E-state index < -0.39 is 0 Å². The molecule has 0 bridgehead atoms. The first kappa shape index (κ1) is 7.09. The van der Waals surface area contributed by atoms with Gasteiger partial charge in [0.15, 0.2) is 0 Å². The number of hydrogen-bond donors (Lipinski definition) is 0. The van der Waals surface area contributed by atoms with Gasteiger partial charge in [0, 0.05) is 5.69 Å². The highest BCUT2D eigenvalue weighted by Gasteiger charge is 1.93. The van der Waals surface area contributed by atoms with Crippen molar-refractivity contribution in [3.8, 4) is 5.69 Å². The maximum atomic E-state index is 3.73. The lowest BCUT2D eigenvalue weighted by Crippen LogP contribution is -2.01. The maximum Gasteiger partial charge on any atom is 0.139 e. The van der Waals surface area contributed by atoms with Crippen LogP contribution in [0.2, 0.25) is 0 Å². The summed E-state index contributed by atoms with van der Waals surface area (Å²) in [6.07, 6.45) is 3.37. The monoisotopic (exact) mass is 157 g/mol. The topological polar surface area (TPSA) is 30.7 Å². The van der Waals surface area contributed by atoms with E-state index in [1.807, 2.05) is 16.7 Å². The van der Waals surface area contributed by atoms with Gasteiger partial charge in [-0.1, -0.05) is 17.6 Å². The molecule has 0 fully saturated rings. The number of rotatable bonds is 1. The van der Waals surface area contributed by atoms with Crippen LogP contribution in [-0.2, 0) is 0 Å². The average molecular weight is 157 g/mol. The maximum absolute atomic E-state index is 3.73. The molecule has 0 aliphatic rings. The van der Waals surface area contributed by atoms with Crippen LogP contribution in [-0.4, -0.2) is 22.6 Å². The lowest BCUT2D eigenvalue weighted by atomic mass is 9.96. The Morgan fingerprint density at radius 1 is 1.00 bits per heavy atom. The van der Waals surface area contributed by atoms with Crippen LogP contribution < -0.4 is 5.46 Å². The van der Waals surface area contributed by atoms with Gasteiger partial charge in [0.1, 0.15) is 20.5 Å². The number of aromatic nitrogens is 3. The molecular formula is C8H8BN3. The smallest absolute Gasteiger partial charge is 0.139 e. The van der Waals surface area contributed by atoms with E-state index in [1.54, 1.807) is 12.7 Å². The average Bonchev–Trinajstić information content (AvgIpc) is 2.58. The summed E-state index contributed by atoms with van der Waals surface area (Å²) in [6, 6.07) is 8.21. The van der Waals surface area contributed by atoms with Crippen molar-refractivity contribution < 1.29 is 0 Å². The highest BCUT2D eigenvalue weighted by molar-refractivity contribution is 6.32.